The van der Waals surface area contributed by atoms with E-state index in [1.165, 1.54) is 7.11 Å². The molecule has 0 aromatic carbocycles. The quantitative estimate of drug-likeness (QED) is 0.416. The molecule has 2 atom stereocenters. The average molecular weight is 172 g/mol. The second-order valence-corrected chi connectivity index (χ2v) is 3.24. The molecule has 0 radical (unpaired) electrons. The lowest BCUT2D eigenvalue weighted by Gasteiger charge is -2.18. The summed E-state index contributed by atoms with van der Waals surface area (Å²) in [5.74, 6) is -0.277. The van der Waals surface area contributed by atoms with E-state index in [4.69, 9.17) is 9.47 Å². The Labute approximate surface area is 70.8 Å². The van der Waals surface area contributed by atoms with Crippen LogP contribution in [0.15, 0.2) is 0 Å². The summed E-state index contributed by atoms with van der Waals surface area (Å²) >= 11 is 0. The average Bonchev–Trinajstić information content (AvgIpc) is 2.80. The lowest BCUT2D eigenvalue weighted by atomic mass is 9.98. The maximum Gasteiger partial charge on any atom is 0.338 e. The zero-order valence-corrected chi connectivity index (χ0v) is 7.04. The Balaban J connectivity index is 1.95. The number of carbonyl (C=O) groups excluding carboxylic acids is 1. The Morgan fingerprint density at radius 1 is 1.67 bits per heavy atom. The van der Waals surface area contributed by atoms with Crippen molar-refractivity contribution < 1.29 is 19.0 Å². The number of ether oxygens (including phenoxy) is 3. The molecule has 12 heavy (non-hydrogen) atoms. The lowest BCUT2D eigenvalue weighted by Crippen LogP contribution is -2.31. The molecule has 0 unspecified atom stereocenters. The molecule has 0 aromatic rings. The number of hydrogen-bond acceptors (Lipinski definition) is 4. The molecule has 2 fully saturated rings. The fraction of sp³-hybridized carbons (Fsp3) is 0.875. The number of carbonyl (C=O) groups is 1. The van der Waals surface area contributed by atoms with E-state index in [0.717, 1.165) is 19.4 Å². The number of rotatable bonds is 1. The van der Waals surface area contributed by atoms with E-state index in [2.05, 4.69) is 4.74 Å². The fourth-order valence-electron chi connectivity index (χ4n) is 1.66. The van der Waals surface area contributed by atoms with Gasteiger partial charge in [0.15, 0.2) is 6.10 Å². The monoisotopic (exact) mass is 172 g/mol. The van der Waals surface area contributed by atoms with E-state index in [1.807, 2.05) is 0 Å². The summed E-state index contributed by atoms with van der Waals surface area (Å²) in [6.45, 7) is 1.31. The van der Waals surface area contributed by atoms with Crippen molar-refractivity contribution >= 4 is 5.97 Å². The van der Waals surface area contributed by atoms with Gasteiger partial charge in [0, 0.05) is 6.61 Å². The SMILES string of the molecule is COC(=O)[C@H]1O[C@]12CCCOC2. The van der Waals surface area contributed by atoms with Crippen molar-refractivity contribution in [3.05, 3.63) is 0 Å². The van der Waals surface area contributed by atoms with Gasteiger partial charge in [0.05, 0.1) is 13.7 Å². The van der Waals surface area contributed by atoms with Crippen LogP contribution in [-0.2, 0) is 19.0 Å². The van der Waals surface area contributed by atoms with E-state index < -0.39 is 0 Å². The van der Waals surface area contributed by atoms with Gasteiger partial charge in [0.25, 0.3) is 0 Å². The van der Waals surface area contributed by atoms with E-state index in [1.54, 1.807) is 0 Å². The van der Waals surface area contributed by atoms with Crippen molar-refractivity contribution in [2.75, 3.05) is 20.3 Å². The largest absolute Gasteiger partial charge is 0.467 e. The predicted molar refractivity (Wildman–Crippen MR) is 39.7 cm³/mol. The summed E-state index contributed by atoms with van der Waals surface area (Å²) in [4.78, 5) is 11.0. The van der Waals surface area contributed by atoms with Crippen LogP contribution < -0.4 is 0 Å². The number of hydrogen-bond donors (Lipinski definition) is 0. The second kappa shape index (κ2) is 2.71. The smallest absolute Gasteiger partial charge is 0.338 e. The molecule has 2 aliphatic rings. The minimum absolute atomic E-state index is 0.277. The first-order valence-corrected chi connectivity index (χ1v) is 4.12. The molecule has 2 heterocycles. The zero-order valence-electron chi connectivity index (χ0n) is 7.04. The van der Waals surface area contributed by atoms with Gasteiger partial charge in [0.1, 0.15) is 5.60 Å². The summed E-state index contributed by atoms with van der Waals surface area (Å²) in [7, 11) is 1.38. The van der Waals surface area contributed by atoms with Gasteiger partial charge in [-0.2, -0.15) is 0 Å². The molecule has 0 saturated carbocycles. The molecule has 2 aliphatic heterocycles. The standard InChI is InChI=1S/C8H12O4/c1-10-7(9)6-8(12-6)3-2-4-11-5-8/h6H,2-5H2,1H3/t6-,8+/m1/s1. The van der Waals surface area contributed by atoms with Gasteiger partial charge in [-0.05, 0) is 12.8 Å². The maximum atomic E-state index is 11.0. The molecule has 68 valence electrons. The van der Waals surface area contributed by atoms with Crippen LogP contribution in [-0.4, -0.2) is 38.0 Å². The van der Waals surface area contributed by atoms with Crippen LogP contribution in [0.5, 0.6) is 0 Å². The van der Waals surface area contributed by atoms with Crippen molar-refractivity contribution in [2.24, 2.45) is 0 Å². The first-order chi connectivity index (χ1) is 5.78. The molecule has 0 amide bonds. The van der Waals surface area contributed by atoms with E-state index in [9.17, 15) is 4.79 Å². The highest BCUT2D eigenvalue weighted by Crippen LogP contribution is 2.43. The topological polar surface area (TPSA) is 48.1 Å². The van der Waals surface area contributed by atoms with Crippen molar-refractivity contribution in [3.63, 3.8) is 0 Å². The molecule has 0 aliphatic carbocycles. The maximum absolute atomic E-state index is 11.0. The zero-order chi connectivity index (χ0) is 8.60. The van der Waals surface area contributed by atoms with Crippen molar-refractivity contribution in [1.29, 1.82) is 0 Å². The minimum atomic E-state index is -0.372. The molecule has 2 saturated heterocycles. The van der Waals surface area contributed by atoms with Crippen molar-refractivity contribution in [1.82, 2.24) is 0 Å². The first kappa shape index (κ1) is 8.01. The third-order valence-electron chi connectivity index (χ3n) is 2.42. The van der Waals surface area contributed by atoms with Gasteiger partial charge in [-0.3, -0.25) is 0 Å². The number of methoxy groups -OCH3 is 1. The molecule has 0 aromatic heterocycles. The summed E-state index contributed by atoms with van der Waals surface area (Å²) in [5.41, 5.74) is -0.328. The van der Waals surface area contributed by atoms with Gasteiger partial charge in [-0.25, -0.2) is 4.79 Å². The van der Waals surface area contributed by atoms with Gasteiger partial charge in [-0.1, -0.05) is 0 Å². The summed E-state index contributed by atoms with van der Waals surface area (Å²) in [6.07, 6.45) is 1.50. The molecule has 0 N–H and O–H groups in total. The molecule has 4 nitrogen and oxygen atoms in total. The predicted octanol–water partition coefficient (Wildman–Crippen LogP) is 0.107. The first-order valence-electron chi connectivity index (χ1n) is 4.12. The van der Waals surface area contributed by atoms with Crippen molar-refractivity contribution in [3.8, 4) is 0 Å². The van der Waals surface area contributed by atoms with Gasteiger partial charge in [0.2, 0.25) is 0 Å². The molecular weight excluding hydrogens is 160 g/mol. The molecular formula is C8H12O4. The Morgan fingerprint density at radius 3 is 3.08 bits per heavy atom. The van der Waals surface area contributed by atoms with E-state index >= 15 is 0 Å². The second-order valence-electron chi connectivity index (χ2n) is 3.24. The Kier molecular flexibility index (Phi) is 1.81. The third kappa shape index (κ3) is 1.11. The van der Waals surface area contributed by atoms with E-state index in [-0.39, 0.29) is 17.7 Å². The number of epoxide rings is 1. The highest BCUT2D eigenvalue weighted by Gasteiger charge is 2.62. The van der Waals surface area contributed by atoms with Crippen LogP contribution in [0.2, 0.25) is 0 Å². The molecule has 2 rings (SSSR count). The Hall–Kier alpha value is -0.610. The lowest BCUT2D eigenvalue weighted by molar-refractivity contribution is -0.142. The molecule has 4 heteroatoms. The van der Waals surface area contributed by atoms with Crippen LogP contribution in [0.3, 0.4) is 0 Å². The Morgan fingerprint density at radius 2 is 2.50 bits per heavy atom. The summed E-state index contributed by atoms with van der Waals surface area (Å²) in [5, 5.41) is 0. The Bertz CT molecular complexity index is 195. The highest BCUT2D eigenvalue weighted by atomic mass is 16.7. The molecule has 1 spiro atoms. The molecule has 0 bridgehead atoms. The van der Waals surface area contributed by atoms with Crippen LogP contribution in [0.4, 0.5) is 0 Å². The summed E-state index contributed by atoms with van der Waals surface area (Å²) in [6, 6.07) is 0. The van der Waals surface area contributed by atoms with Gasteiger partial charge < -0.3 is 14.2 Å². The van der Waals surface area contributed by atoms with Crippen LogP contribution in [0.25, 0.3) is 0 Å². The highest BCUT2D eigenvalue weighted by molar-refractivity contribution is 5.79. The minimum Gasteiger partial charge on any atom is -0.467 e. The fourth-order valence-corrected chi connectivity index (χ4v) is 1.66. The van der Waals surface area contributed by atoms with Crippen LogP contribution in [0.1, 0.15) is 12.8 Å². The van der Waals surface area contributed by atoms with E-state index in [0.29, 0.717) is 6.61 Å². The normalized spacial score (nSPS) is 39.6. The van der Waals surface area contributed by atoms with Gasteiger partial charge in [-0.15, -0.1) is 0 Å². The van der Waals surface area contributed by atoms with Gasteiger partial charge >= 0.3 is 5.97 Å². The summed E-state index contributed by atoms with van der Waals surface area (Å²) < 4.78 is 15.1. The van der Waals surface area contributed by atoms with Crippen LogP contribution >= 0.6 is 0 Å². The van der Waals surface area contributed by atoms with Crippen LogP contribution in [0, 0.1) is 0 Å². The number of esters is 1. The van der Waals surface area contributed by atoms with Crippen molar-refractivity contribution in [2.45, 2.75) is 24.5 Å². The third-order valence-corrected chi connectivity index (χ3v) is 2.42.